The van der Waals surface area contributed by atoms with Crippen LogP contribution in [0.4, 0.5) is 5.82 Å². The van der Waals surface area contributed by atoms with E-state index in [1.807, 2.05) is 28.1 Å². The van der Waals surface area contributed by atoms with Crippen LogP contribution in [0.5, 0.6) is 0 Å². The highest BCUT2D eigenvalue weighted by Crippen LogP contribution is 2.14. The fourth-order valence-electron chi connectivity index (χ4n) is 1.18. The summed E-state index contributed by atoms with van der Waals surface area (Å²) < 4.78 is 0. The van der Waals surface area contributed by atoms with Crippen LogP contribution in [0.15, 0.2) is 6.07 Å². The third-order valence-electron chi connectivity index (χ3n) is 2.07. The molecule has 1 aromatic rings. The van der Waals surface area contributed by atoms with Crippen molar-refractivity contribution in [3.8, 4) is 0 Å². The number of nitrogens with zero attached hydrogens (tertiary/aromatic N) is 4. The van der Waals surface area contributed by atoms with Crippen LogP contribution in [-0.2, 0) is 0 Å². The third-order valence-corrected chi connectivity index (χ3v) is 2.26. The molecule has 0 aromatic carbocycles. The molecule has 5 heteroatoms. The molecule has 0 amide bonds. The SMILES string of the molecule is Cc1nc(Cl)cc(N(C)CCN(C)C)n1. The van der Waals surface area contributed by atoms with Crippen molar-refractivity contribution in [1.29, 1.82) is 0 Å². The Morgan fingerprint density at radius 3 is 2.40 bits per heavy atom. The molecule has 0 fully saturated rings. The van der Waals surface area contributed by atoms with Crippen LogP contribution in [0.3, 0.4) is 0 Å². The Bertz CT molecular complexity index is 307. The number of halogens is 1. The second kappa shape index (κ2) is 5.28. The van der Waals surface area contributed by atoms with Crippen molar-refractivity contribution in [1.82, 2.24) is 14.9 Å². The van der Waals surface area contributed by atoms with E-state index in [9.17, 15) is 0 Å². The van der Waals surface area contributed by atoms with Gasteiger partial charge in [-0.2, -0.15) is 0 Å². The Kier molecular flexibility index (Phi) is 4.29. The third kappa shape index (κ3) is 4.01. The zero-order valence-electron chi connectivity index (χ0n) is 9.66. The van der Waals surface area contributed by atoms with Crippen molar-refractivity contribution in [2.24, 2.45) is 0 Å². The van der Waals surface area contributed by atoms with Crippen molar-refractivity contribution in [2.45, 2.75) is 6.92 Å². The molecule has 0 bridgehead atoms. The predicted octanol–water partition coefficient (Wildman–Crippen LogP) is 1.44. The molecule has 1 rings (SSSR count). The summed E-state index contributed by atoms with van der Waals surface area (Å²) in [6.45, 7) is 3.74. The molecule has 0 unspecified atom stereocenters. The zero-order chi connectivity index (χ0) is 11.4. The lowest BCUT2D eigenvalue weighted by atomic mass is 10.4. The average molecular weight is 229 g/mol. The van der Waals surface area contributed by atoms with Gasteiger partial charge < -0.3 is 9.80 Å². The lowest BCUT2D eigenvalue weighted by Crippen LogP contribution is -2.29. The van der Waals surface area contributed by atoms with Crippen molar-refractivity contribution in [3.63, 3.8) is 0 Å². The number of anilines is 1. The van der Waals surface area contributed by atoms with E-state index in [0.717, 1.165) is 18.9 Å². The highest BCUT2D eigenvalue weighted by atomic mass is 35.5. The van der Waals surface area contributed by atoms with E-state index in [1.54, 1.807) is 6.07 Å². The van der Waals surface area contributed by atoms with Gasteiger partial charge in [-0.1, -0.05) is 11.6 Å². The summed E-state index contributed by atoms with van der Waals surface area (Å²) in [5.41, 5.74) is 0. The topological polar surface area (TPSA) is 32.3 Å². The van der Waals surface area contributed by atoms with Gasteiger partial charge in [0.2, 0.25) is 0 Å². The standard InChI is InChI=1S/C10H17ClN4/c1-8-12-9(11)7-10(13-8)15(4)6-5-14(2)3/h7H,5-6H2,1-4H3. The molecule has 0 radical (unpaired) electrons. The fourth-order valence-corrected chi connectivity index (χ4v) is 1.40. The molecule has 0 saturated carbocycles. The second-order valence-electron chi connectivity index (χ2n) is 3.82. The summed E-state index contributed by atoms with van der Waals surface area (Å²) in [5.74, 6) is 1.57. The minimum atomic E-state index is 0.495. The summed E-state index contributed by atoms with van der Waals surface area (Å²) >= 11 is 5.87. The lowest BCUT2D eigenvalue weighted by molar-refractivity contribution is 0.416. The van der Waals surface area contributed by atoms with Gasteiger partial charge in [-0.05, 0) is 21.0 Å². The van der Waals surface area contributed by atoms with Gasteiger partial charge in [-0.25, -0.2) is 9.97 Å². The van der Waals surface area contributed by atoms with Crippen molar-refractivity contribution >= 4 is 17.4 Å². The Morgan fingerprint density at radius 1 is 1.20 bits per heavy atom. The monoisotopic (exact) mass is 228 g/mol. The first-order valence-electron chi connectivity index (χ1n) is 4.86. The van der Waals surface area contributed by atoms with Gasteiger partial charge in [0.25, 0.3) is 0 Å². The quantitative estimate of drug-likeness (QED) is 0.730. The van der Waals surface area contributed by atoms with Crippen LogP contribution in [0, 0.1) is 6.92 Å². The van der Waals surface area contributed by atoms with E-state index < -0.39 is 0 Å². The summed E-state index contributed by atoms with van der Waals surface area (Å²) in [6.07, 6.45) is 0. The van der Waals surface area contributed by atoms with E-state index in [-0.39, 0.29) is 0 Å². The molecular weight excluding hydrogens is 212 g/mol. The smallest absolute Gasteiger partial charge is 0.134 e. The molecule has 1 aromatic heterocycles. The molecule has 15 heavy (non-hydrogen) atoms. The number of aromatic nitrogens is 2. The normalized spacial score (nSPS) is 10.8. The highest BCUT2D eigenvalue weighted by Gasteiger charge is 2.05. The van der Waals surface area contributed by atoms with Crippen LogP contribution in [-0.4, -0.2) is 49.1 Å². The maximum Gasteiger partial charge on any atom is 0.134 e. The first-order chi connectivity index (χ1) is 6.99. The first kappa shape index (κ1) is 12.2. The molecule has 0 spiro atoms. The van der Waals surface area contributed by atoms with E-state index in [4.69, 9.17) is 11.6 Å². The Morgan fingerprint density at radius 2 is 1.87 bits per heavy atom. The molecule has 84 valence electrons. The van der Waals surface area contributed by atoms with E-state index in [2.05, 4.69) is 19.8 Å². The van der Waals surface area contributed by atoms with E-state index in [0.29, 0.717) is 11.0 Å². The minimum absolute atomic E-state index is 0.495. The Hall–Kier alpha value is -0.870. The van der Waals surface area contributed by atoms with Gasteiger partial charge in [-0.3, -0.25) is 0 Å². The Balaban J connectivity index is 2.68. The van der Waals surface area contributed by atoms with Crippen LogP contribution < -0.4 is 4.90 Å². The van der Waals surface area contributed by atoms with Crippen molar-refractivity contribution in [3.05, 3.63) is 17.0 Å². The highest BCUT2D eigenvalue weighted by molar-refractivity contribution is 6.29. The van der Waals surface area contributed by atoms with Gasteiger partial charge in [-0.15, -0.1) is 0 Å². The number of hydrogen-bond donors (Lipinski definition) is 0. The maximum absolute atomic E-state index is 5.87. The summed E-state index contributed by atoms with van der Waals surface area (Å²) in [4.78, 5) is 12.6. The van der Waals surface area contributed by atoms with Gasteiger partial charge in [0.1, 0.15) is 16.8 Å². The van der Waals surface area contributed by atoms with Crippen LogP contribution in [0.1, 0.15) is 5.82 Å². The van der Waals surface area contributed by atoms with Crippen LogP contribution in [0.2, 0.25) is 5.15 Å². The van der Waals surface area contributed by atoms with Gasteiger partial charge in [0.15, 0.2) is 0 Å². The zero-order valence-corrected chi connectivity index (χ0v) is 10.4. The number of likely N-dealkylation sites (N-methyl/N-ethyl adjacent to an activating group) is 2. The van der Waals surface area contributed by atoms with Gasteiger partial charge in [0.05, 0.1) is 0 Å². The molecule has 1 heterocycles. The molecule has 4 nitrogen and oxygen atoms in total. The summed E-state index contributed by atoms with van der Waals surface area (Å²) in [6, 6.07) is 1.78. The van der Waals surface area contributed by atoms with Gasteiger partial charge >= 0.3 is 0 Å². The number of aryl methyl sites for hydroxylation is 1. The van der Waals surface area contributed by atoms with Crippen molar-refractivity contribution < 1.29 is 0 Å². The molecule has 0 atom stereocenters. The number of rotatable bonds is 4. The molecule has 0 aliphatic heterocycles. The summed E-state index contributed by atoms with van der Waals surface area (Å²) in [5, 5.41) is 0.495. The van der Waals surface area contributed by atoms with Crippen LogP contribution >= 0.6 is 11.6 Å². The number of hydrogen-bond acceptors (Lipinski definition) is 4. The van der Waals surface area contributed by atoms with Crippen molar-refractivity contribution in [2.75, 3.05) is 39.1 Å². The minimum Gasteiger partial charge on any atom is -0.358 e. The Labute approximate surface area is 95.9 Å². The molecule has 0 aliphatic rings. The molecule has 0 aliphatic carbocycles. The lowest BCUT2D eigenvalue weighted by Gasteiger charge is -2.20. The molecule has 0 N–H and O–H groups in total. The molecule has 0 saturated heterocycles. The second-order valence-corrected chi connectivity index (χ2v) is 4.21. The van der Waals surface area contributed by atoms with Gasteiger partial charge in [0, 0.05) is 26.2 Å². The predicted molar refractivity (Wildman–Crippen MR) is 63.6 cm³/mol. The van der Waals surface area contributed by atoms with E-state index in [1.165, 1.54) is 0 Å². The van der Waals surface area contributed by atoms with E-state index >= 15 is 0 Å². The fraction of sp³-hybridized carbons (Fsp3) is 0.600. The molecular formula is C10H17ClN4. The maximum atomic E-state index is 5.87. The average Bonchev–Trinajstić information content (AvgIpc) is 2.12. The first-order valence-corrected chi connectivity index (χ1v) is 5.24. The van der Waals surface area contributed by atoms with Crippen LogP contribution in [0.25, 0.3) is 0 Å². The summed E-state index contributed by atoms with van der Waals surface area (Å²) in [7, 11) is 6.10. The largest absolute Gasteiger partial charge is 0.358 e.